The van der Waals surface area contributed by atoms with Crippen LogP contribution < -0.4 is 10.1 Å². The molecule has 2 rings (SSSR count). The zero-order valence-electron chi connectivity index (χ0n) is 15.5. The SMILES string of the molecule is CC(C)c1ccc(OCC(=O)OCC(=O)NCCc2ccc(F)cc2)cc1. The second kappa shape index (κ2) is 10.3. The molecule has 0 aliphatic carbocycles. The van der Waals surface area contributed by atoms with Crippen LogP contribution in [0.1, 0.15) is 30.9 Å². The molecule has 0 aromatic heterocycles. The van der Waals surface area contributed by atoms with Crippen molar-refractivity contribution < 1.29 is 23.5 Å². The number of hydrogen-bond donors (Lipinski definition) is 1. The summed E-state index contributed by atoms with van der Waals surface area (Å²) in [5, 5.41) is 2.64. The van der Waals surface area contributed by atoms with E-state index in [4.69, 9.17) is 9.47 Å². The van der Waals surface area contributed by atoms with Crippen LogP contribution >= 0.6 is 0 Å². The molecule has 2 aromatic carbocycles. The summed E-state index contributed by atoms with van der Waals surface area (Å²) in [6.07, 6.45) is 0.565. The lowest BCUT2D eigenvalue weighted by atomic mass is 10.0. The molecule has 0 spiro atoms. The molecule has 0 unspecified atom stereocenters. The van der Waals surface area contributed by atoms with Crippen molar-refractivity contribution >= 4 is 11.9 Å². The molecular formula is C21H24FNO4. The second-order valence-electron chi connectivity index (χ2n) is 6.40. The highest BCUT2D eigenvalue weighted by atomic mass is 19.1. The lowest BCUT2D eigenvalue weighted by Gasteiger charge is -2.09. The number of nitrogens with one attached hydrogen (secondary N) is 1. The Balaban J connectivity index is 1.61. The summed E-state index contributed by atoms with van der Waals surface area (Å²) < 4.78 is 23.0. The highest BCUT2D eigenvalue weighted by Gasteiger charge is 2.09. The summed E-state index contributed by atoms with van der Waals surface area (Å²) in [5.41, 5.74) is 2.09. The molecule has 144 valence electrons. The predicted molar refractivity (Wildman–Crippen MR) is 100 cm³/mol. The zero-order valence-corrected chi connectivity index (χ0v) is 15.5. The van der Waals surface area contributed by atoms with Gasteiger partial charge in [0.1, 0.15) is 11.6 Å². The monoisotopic (exact) mass is 373 g/mol. The first kappa shape index (κ1) is 20.4. The lowest BCUT2D eigenvalue weighted by Crippen LogP contribution is -2.31. The van der Waals surface area contributed by atoms with Crippen molar-refractivity contribution in [2.75, 3.05) is 19.8 Å². The Morgan fingerprint density at radius 2 is 1.67 bits per heavy atom. The van der Waals surface area contributed by atoms with Gasteiger partial charge in [-0.1, -0.05) is 38.1 Å². The smallest absolute Gasteiger partial charge is 0.344 e. The van der Waals surface area contributed by atoms with Gasteiger partial charge in [0.15, 0.2) is 13.2 Å². The van der Waals surface area contributed by atoms with Crippen molar-refractivity contribution in [1.29, 1.82) is 0 Å². The predicted octanol–water partition coefficient (Wildman–Crippen LogP) is 3.23. The van der Waals surface area contributed by atoms with Gasteiger partial charge in [-0.2, -0.15) is 0 Å². The van der Waals surface area contributed by atoms with Gasteiger partial charge in [0, 0.05) is 6.54 Å². The summed E-state index contributed by atoms with van der Waals surface area (Å²) in [7, 11) is 0. The Kier molecular flexibility index (Phi) is 7.79. The van der Waals surface area contributed by atoms with Crippen molar-refractivity contribution in [3.63, 3.8) is 0 Å². The summed E-state index contributed by atoms with van der Waals surface area (Å²) >= 11 is 0. The Morgan fingerprint density at radius 1 is 1.00 bits per heavy atom. The highest BCUT2D eigenvalue weighted by Crippen LogP contribution is 2.18. The van der Waals surface area contributed by atoms with Crippen LogP contribution in [0, 0.1) is 5.82 Å². The third-order valence-electron chi connectivity index (χ3n) is 3.92. The molecule has 0 fully saturated rings. The van der Waals surface area contributed by atoms with Gasteiger partial charge in [0.25, 0.3) is 5.91 Å². The molecule has 1 N–H and O–H groups in total. The Morgan fingerprint density at radius 3 is 2.30 bits per heavy atom. The minimum Gasteiger partial charge on any atom is -0.482 e. The third-order valence-corrected chi connectivity index (χ3v) is 3.92. The molecular weight excluding hydrogens is 349 g/mol. The van der Waals surface area contributed by atoms with E-state index in [1.54, 1.807) is 24.3 Å². The second-order valence-corrected chi connectivity index (χ2v) is 6.40. The first-order valence-electron chi connectivity index (χ1n) is 8.83. The molecule has 0 aliphatic heterocycles. The number of carbonyl (C=O) groups is 2. The quantitative estimate of drug-likeness (QED) is 0.686. The summed E-state index contributed by atoms with van der Waals surface area (Å²) in [6.45, 7) is 3.94. The van der Waals surface area contributed by atoms with Crippen LogP contribution in [0.15, 0.2) is 48.5 Å². The number of ether oxygens (including phenoxy) is 2. The fourth-order valence-corrected chi connectivity index (χ4v) is 2.33. The van der Waals surface area contributed by atoms with E-state index in [2.05, 4.69) is 19.2 Å². The van der Waals surface area contributed by atoms with Crippen LogP contribution in [0.3, 0.4) is 0 Å². The summed E-state index contributed by atoms with van der Waals surface area (Å²) in [5.74, 6) is -0.318. The topological polar surface area (TPSA) is 64.6 Å². The first-order chi connectivity index (χ1) is 12.9. The van der Waals surface area contributed by atoms with Gasteiger partial charge in [0.2, 0.25) is 0 Å². The molecule has 0 atom stereocenters. The van der Waals surface area contributed by atoms with Crippen LogP contribution in [0.2, 0.25) is 0 Å². The number of halogens is 1. The lowest BCUT2D eigenvalue weighted by molar-refractivity contribution is -0.150. The Bertz CT molecular complexity index is 742. The first-order valence-corrected chi connectivity index (χ1v) is 8.83. The summed E-state index contributed by atoms with van der Waals surface area (Å²) in [4.78, 5) is 23.3. The fourth-order valence-electron chi connectivity index (χ4n) is 2.33. The minimum atomic E-state index is -0.614. The number of esters is 1. The number of amides is 1. The van der Waals surface area contributed by atoms with Gasteiger partial charge in [-0.25, -0.2) is 9.18 Å². The number of carbonyl (C=O) groups excluding carboxylic acids is 2. The molecule has 0 radical (unpaired) electrons. The molecule has 0 aliphatic rings. The molecule has 0 heterocycles. The number of benzene rings is 2. The van der Waals surface area contributed by atoms with Gasteiger partial charge in [-0.15, -0.1) is 0 Å². The Hall–Kier alpha value is -2.89. The average molecular weight is 373 g/mol. The van der Waals surface area contributed by atoms with E-state index < -0.39 is 11.9 Å². The van der Waals surface area contributed by atoms with E-state index in [0.29, 0.717) is 24.6 Å². The maximum atomic E-state index is 12.8. The van der Waals surface area contributed by atoms with E-state index in [0.717, 1.165) is 5.56 Å². The normalized spacial score (nSPS) is 10.5. The number of rotatable bonds is 9. The van der Waals surface area contributed by atoms with Crippen LogP contribution in [-0.4, -0.2) is 31.6 Å². The van der Waals surface area contributed by atoms with Gasteiger partial charge in [-0.3, -0.25) is 4.79 Å². The van der Waals surface area contributed by atoms with Crippen molar-refractivity contribution in [2.45, 2.75) is 26.2 Å². The van der Waals surface area contributed by atoms with E-state index in [1.807, 2.05) is 12.1 Å². The van der Waals surface area contributed by atoms with Crippen molar-refractivity contribution in [3.8, 4) is 5.75 Å². The van der Waals surface area contributed by atoms with Gasteiger partial charge in [0.05, 0.1) is 0 Å². The van der Waals surface area contributed by atoms with Crippen molar-refractivity contribution in [3.05, 3.63) is 65.5 Å². The molecule has 2 aromatic rings. The van der Waals surface area contributed by atoms with Crippen molar-refractivity contribution in [1.82, 2.24) is 5.32 Å². The maximum absolute atomic E-state index is 12.8. The van der Waals surface area contributed by atoms with Gasteiger partial charge >= 0.3 is 5.97 Å². The molecule has 0 saturated carbocycles. The zero-order chi connectivity index (χ0) is 19.6. The molecule has 27 heavy (non-hydrogen) atoms. The molecule has 5 nitrogen and oxygen atoms in total. The van der Waals surface area contributed by atoms with Crippen LogP contribution in [0.4, 0.5) is 4.39 Å². The molecule has 0 saturated heterocycles. The largest absolute Gasteiger partial charge is 0.482 e. The van der Waals surface area contributed by atoms with E-state index in [1.165, 1.54) is 17.7 Å². The van der Waals surface area contributed by atoms with Crippen LogP contribution in [0.25, 0.3) is 0 Å². The maximum Gasteiger partial charge on any atom is 0.344 e. The average Bonchev–Trinajstić information content (AvgIpc) is 2.66. The Labute approximate surface area is 158 Å². The third kappa shape index (κ3) is 7.48. The number of hydrogen-bond acceptors (Lipinski definition) is 4. The summed E-state index contributed by atoms with van der Waals surface area (Å²) in [6, 6.07) is 13.5. The molecule has 1 amide bonds. The van der Waals surface area contributed by atoms with Crippen molar-refractivity contribution in [2.24, 2.45) is 0 Å². The van der Waals surface area contributed by atoms with Crippen LogP contribution in [-0.2, 0) is 20.7 Å². The van der Waals surface area contributed by atoms with E-state index >= 15 is 0 Å². The van der Waals surface area contributed by atoms with Gasteiger partial charge in [-0.05, 0) is 47.7 Å². The standard InChI is InChI=1S/C21H24FNO4/c1-15(2)17-5-9-19(10-6-17)26-14-21(25)27-13-20(24)23-12-11-16-3-7-18(22)8-4-16/h3-10,15H,11-14H2,1-2H3,(H,23,24). The van der Waals surface area contributed by atoms with Crippen LogP contribution in [0.5, 0.6) is 5.75 Å². The fraction of sp³-hybridized carbons (Fsp3) is 0.333. The van der Waals surface area contributed by atoms with Gasteiger partial charge < -0.3 is 14.8 Å². The van der Waals surface area contributed by atoms with E-state index in [9.17, 15) is 14.0 Å². The van der Waals surface area contributed by atoms with E-state index in [-0.39, 0.29) is 19.0 Å². The molecule has 0 bridgehead atoms. The highest BCUT2D eigenvalue weighted by molar-refractivity contribution is 5.80. The molecule has 6 heteroatoms. The minimum absolute atomic E-state index is 0.260.